The Balaban J connectivity index is 2.34. The minimum absolute atomic E-state index is 0.111. The molecule has 0 aliphatic carbocycles. The maximum absolute atomic E-state index is 5.62. The summed E-state index contributed by atoms with van der Waals surface area (Å²) in [5, 5.41) is 3.30. The Bertz CT molecular complexity index is 623. The average molecular weight is 350 g/mol. The number of nitrogens with zero attached hydrogens (tertiary/aromatic N) is 2. The molecule has 0 aliphatic rings. The third-order valence-electron chi connectivity index (χ3n) is 2.82. The second-order valence-electron chi connectivity index (χ2n) is 5.70. The molecule has 0 amide bonds. The van der Waals surface area contributed by atoms with Crippen LogP contribution in [0.5, 0.6) is 5.75 Å². The summed E-state index contributed by atoms with van der Waals surface area (Å²) in [4.78, 5) is 9.03. The molecular formula is C16H20BrN3O. The third-order valence-corrected chi connectivity index (χ3v) is 3.22. The van der Waals surface area contributed by atoms with E-state index in [0.29, 0.717) is 6.61 Å². The number of nitrogens with one attached hydrogen (secondary N) is 1. The highest BCUT2D eigenvalue weighted by molar-refractivity contribution is 9.10. The quantitative estimate of drug-likeness (QED) is 0.814. The summed E-state index contributed by atoms with van der Waals surface area (Å²) < 4.78 is 6.38. The number of hydrogen-bond acceptors (Lipinski definition) is 4. The number of aromatic nitrogens is 2. The zero-order valence-electron chi connectivity index (χ0n) is 12.8. The van der Waals surface area contributed by atoms with E-state index in [9.17, 15) is 0 Å². The first-order chi connectivity index (χ1) is 9.90. The van der Waals surface area contributed by atoms with Crippen LogP contribution < -0.4 is 10.1 Å². The molecule has 0 aliphatic heterocycles. The number of halogens is 1. The fraction of sp³-hybridized carbons (Fsp3) is 0.375. The Labute approximate surface area is 134 Å². The van der Waals surface area contributed by atoms with E-state index in [1.54, 1.807) is 0 Å². The van der Waals surface area contributed by atoms with Crippen molar-refractivity contribution in [1.29, 1.82) is 0 Å². The molecule has 0 saturated heterocycles. The first-order valence-electron chi connectivity index (χ1n) is 6.94. The van der Waals surface area contributed by atoms with Gasteiger partial charge in [-0.3, -0.25) is 0 Å². The van der Waals surface area contributed by atoms with E-state index in [0.717, 1.165) is 27.7 Å². The minimum atomic E-state index is -0.111. The molecule has 21 heavy (non-hydrogen) atoms. The van der Waals surface area contributed by atoms with Gasteiger partial charge in [-0.1, -0.05) is 32.9 Å². The maximum Gasteiger partial charge on any atom is 0.142 e. The van der Waals surface area contributed by atoms with E-state index in [-0.39, 0.29) is 5.41 Å². The lowest BCUT2D eigenvalue weighted by molar-refractivity contribution is 0.342. The third kappa shape index (κ3) is 4.17. The Morgan fingerprint density at radius 3 is 2.57 bits per heavy atom. The van der Waals surface area contributed by atoms with Gasteiger partial charge in [-0.05, 0) is 35.0 Å². The highest BCUT2D eigenvalue weighted by Crippen LogP contribution is 2.29. The lowest BCUT2D eigenvalue weighted by atomic mass is 9.96. The maximum atomic E-state index is 5.62. The second kappa shape index (κ2) is 6.43. The van der Waals surface area contributed by atoms with Crippen LogP contribution in [-0.2, 0) is 5.41 Å². The van der Waals surface area contributed by atoms with E-state index in [1.807, 2.05) is 37.3 Å². The van der Waals surface area contributed by atoms with Crippen LogP contribution in [0.25, 0.3) is 0 Å². The molecule has 1 aromatic heterocycles. The van der Waals surface area contributed by atoms with Crippen LogP contribution in [0.1, 0.15) is 33.5 Å². The average Bonchev–Trinajstić information content (AvgIpc) is 2.40. The standard InChI is InChI=1S/C16H20BrN3O/c1-5-21-12-9-7-6-8-11(12)18-14-10-13(17)19-15(20-14)16(2,3)4/h6-10H,5H2,1-4H3,(H,18,19,20). The van der Waals surface area contributed by atoms with Gasteiger partial charge in [-0.15, -0.1) is 0 Å². The number of benzene rings is 1. The zero-order chi connectivity index (χ0) is 15.5. The van der Waals surface area contributed by atoms with Crippen molar-refractivity contribution in [3.63, 3.8) is 0 Å². The lowest BCUT2D eigenvalue weighted by Crippen LogP contribution is -2.17. The van der Waals surface area contributed by atoms with Gasteiger partial charge in [-0.2, -0.15) is 0 Å². The highest BCUT2D eigenvalue weighted by Gasteiger charge is 2.19. The summed E-state index contributed by atoms with van der Waals surface area (Å²) in [5.41, 5.74) is 0.782. The van der Waals surface area contributed by atoms with Crippen LogP contribution in [0.2, 0.25) is 0 Å². The van der Waals surface area contributed by atoms with Crippen molar-refractivity contribution in [2.75, 3.05) is 11.9 Å². The number of rotatable bonds is 4. The Kier molecular flexibility index (Phi) is 4.83. The number of hydrogen-bond donors (Lipinski definition) is 1. The van der Waals surface area contributed by atoms with Crippen LogP contribution >= 0.6 is 15.9 Å². The van der Waals surface area contributed by atoms with Crippen LogP contribution in [0.4, 0.5) is 11.5 Å². The van der Waals surface area contributed by atoms with Gasteiger partial charge < -0.3 is 10.1 Å². The Morgan fingerprint density at radius 1 is 1.19 bits per heavy atom. The number of ether oxygens (including phenoxy) is 1. The van der Waals surface area contributed by atoms with E-state index < -0.39 is 0 Å². The summed E-state index contributed by atoms with van der Waals surface area (Å²) in [6.45, 7) is 8.86. The van der Waals surface area contributed by atoms with Gasteiger partial charge in [0.2, 0.25) is 0 Å². The minimum Gasteiger partial charge on any atom is -0.492 e. The molecule has 0 atom stereocenters. The SMILES string of the molecule is CCOc1ccccc1Nc1cc(Br)nc(C(C)(C)C)n1. The monoisotopic (exact) mass is 349 g/mol. The van der Waals surface area contributed by atoms with Crippen molar-refractivity contribution in [3.8, 4) is 5.75 Å². The zero-order valence-corrected chi connectivity index (χ0v) is 14.4. The topological polar surface area (TPSA) is 47.0 Å². The summed E-state index contributed by atoms with van der Waals surface area (Å²) in [5.74, 6) is 2.34. The Morgan fingerprint density at radius 2 is 1.90 bits per heavy atom. The molecule has 4 nitrogen and oxygen atoms in total. The van der Waals surface area contributed by atoms with Crippen LogP contribution in [0.3, 0.4) is 0 Å². The molecule has 1 N–H and O–H groups in total. The van der Waals surface area contributed by atoms with Crippen molar-refractivity contribution in [1.82, 2.24) is 9.97 Å². The molecule has 0 fully saturated rings. The van der Waals surface area contributed by atoms with E-state index in [4.69, 9.17) is 4.74 Å². The van der Waals surface area contributed by atoms with Crippen molar-refractivity contribution < 1.29 is 4.74 Å². The summed E-state index contributed by atoms with van der Waals surface area (Å²) in [6, 6.07) is 9.68. The molecule has 112 valence electrons. The second-order valence-corrected chi connectivity index (χ2v) is 6.52. The molecule has 1 aromatic carbocycles. The fourth-order valence-corrected chi connectivity index (χ4v) is 2.19. The molecule has 0 unspecified atom stereocenters. The highest BCUT2D eigenvalue weighted by atomic mass is 79.9. The van der Waals surface area contributed by atoms with E-state index in [2.05, 4.69) is 52.0 Å². The van der Waals surface area contributed by atoms with Crippen LogP contribution in [0, 0.1) is 0 Å². The van der Waals surface area contributed by atoms with Crippen LogP contribution in [-0.4, -0.2) is 16.6 Å². The van der Waals surface area contributed by atoms with Crippen LogP contribution in [0.15, 0.2) is 34.9 Å². The molecular weight excluding hydrogens is 330 g/mol. The van der Waals surface area contributed by atoms with Crippen molar-refractivity contribution >= 4 is 27.4 Å². The first kappa shape index (κ1) is 15.8. The molecule has 0 saturated carbocycles. The molecule has 1 heterocycles. The van der Waals surface area contributed by atoms with Gasteiger partial charge in [0.15, 0.2) is 0 Å². The van der Waals surface area contributed by atoms with Gasteiger partial charge in [0, 0.05) is 11.5 Å². The molecule has 0 radical (unpaired) electrons. The largest absolute Gasteiger partial charge is 0.492 e. The lowest BCUT2D eigenvalue weighted by Gasteiger charge is -2.18. The van der Waals surface area contributed by atoms with Crippen molar-refractivity contribution in [3.05, 3.63) is 40.8 Å². The van der Waals surface area contributed by atoms with Gasteiger partial charge in [0.1, 0.15) is 22.0 Å². The smallest absolute Gasteiger partial charge is 0.142 e. The normalized spacial score (nSPS) is 11.3. The molecule has 2 rings (SSSR count). The van der Waals surface area contributed by atoms with Crippen molar-refractivity contribution in [2.45, 2.75) is 33.1 Å². The Hall–Kier alpha value is -1.62. The van der Waals surface area contributed by atoms with E-state index >= 15 is 0 Å². The van der Waals surface area contributed by atoms with Gasteiger partial charge in [-0.25, -0.2) is 9.97 Å². The van der Waals surface area contributed by atoms with Gasteiger partial charge >= 0.3 is 0 Å². The van der Waals surface area contributed by atoms with Crippen molar-refractivity contribution in [2.24, 2.45) is 0 Å². The predicted octanol–water partition coefficient (Wildman–Crippen LogP) is 4.68. The summed E-state index contributed by atoms with van der Waals surface area (Å²) in [6.07, 6.45) is 0. The molecule has 5 heteroatoms. The summed E-state index contributed by atoms with van der Waals surface area (Å²) in [7, 11) is 0. The fourth-order valence-electron chi connectivity index (χ4n) is 1.81. The van der Waals surface area contributed by atoms with Gasteiger partial charge in [0.05, 0.1) is 12.3 Å². The predicted molar refractivity (Wildman–Crippen MR) is 89.3 cm³/mol. The van der Waals surface area contributed by atoms with E-state index in [1.165, 1.54) is 0 Å². The van der Waals surface area contributed by atoms with Gasteiger partial charge in [0.25, 0.3) is 0 Å². The number of para-hydroxylation sites is 2. The molecule has 0 bridgehead atoms. The number of anilines is 2. The molecule has 0 spiro atoms. The first-order valence-corrected chi connectivity index (χ1v) is 7.73. The summed E-state index contributed by atoms with van der Waals surface area (Å²) >= 11 is 3.45. The molecule has 2 aromatic rings.